The molecule has 4 rings (SSSR count). The number of aliphatic hydroxyl groups excluding tert-OH is 1. The topological polar surface area (TPSA) is 79.3 Å². The number of amides is 1. The van der Waals surface area contributed by atoms with E-state index in [4.69, 9.17) is 9.47 Å². The molecule has 2 atom stereocenters. The first-order valence-electron chi connectivity index (χ1n) is 12.3. The molecule has 1 amide bonds. The number of carbonyl (C=O) groups is 2. The molecular weight excluding hydrogens is 444 g/mol. The lowest BCUT2D eigenvalue weighted by molar-refractivity contribution is -0.140. The molecule has 0 radical (unpaired) electrons. The van der Waals surface area contributed by atoms with Gasteiger partial charge in [0.15, 0.2) is 0 Å². The van der Waals surface area contributed by atoms with Crippen molar-refractivity contribution in [1.29, 1.82) is 0 Å². The lowest BCUT2D eigenvalue weighted by Crippen LogP contribution is -2.33. The Kier molecular flexibility index (Phi) is 7.45. The molecule has 0 saturated carbocycles. The fraction of sp³-hybridized carbons (Fsp3) is 0.429. The monoisotopic (exact) mass is 478 g/mol. The van der Waals surface area contributed by atoms with Crippen LogP contribution in [0.3, 0.4) is 0 Å². The number of nitrogens with zero attached hydrogens (tertiary/aromatic N) is 2. The Balaban J connectivity index is 1.73. The predicted octanol–water partition coefficient (Wildman–Crippen LogP) is 4.17. The van der Waals surface area contributed by atoms with Crippen LogP contribution in [0, 0.1) is 0 Å². The van der Waals surface area contributed by atoms with Crippen LogP contribution in [0.2, 0.25) is 0 Å². The van der Waals surface area contributed by atoms with E-state index in [2.05, 4.69) is 18.7 Å². The molecule has 2 aliphatic rings. The molecule has 0 aromatic heterocycles. The maximum absolute atomic E-state index is 13.3. The van der Waals surface area contributed by atoms with Crippen molar-refractivity contribution in [1.82, 2.24) is 9.80 Å². The van der Waals surface area contributed by atoms with Gasteiger partial charge in [0.05, 0.1) is 18.7 Å². The van der Waals surface area contributed by atoms with Crippen LogP contribution in [0.5, 0.6) is 11.5 Å². The van der Waals surface area contributed by atoms with E-state index in [-0.39, 0.29) is 17.4 Å². The minimum atomic E-state index is -0.666. The molecule has 7 nitrogen and oxygen atoms in total. The van der Waals surface area contributed by atoms with Crippen molar-refractivity contribution >= 4 is 17.4 Å². The fourth-order valence-corrected chi connectivity index (χ4v) is 4.97. The Morgan fingerprint density at radius 2 is 1.86 bits per heavy atom. The summed E-state index contributed by atoms with van der Waals surface area (Å²) in [6, 6.07) is 12.0. The van der Waals surface area contributed by atoms with Gasteiger partial charge >= 0.3 is 0 Å². The molecule has 2 aliphatic heterocycles. The number of fused-ring (bicyclic) bond motifs is 1. The summed E-state index contributed by atoms with van der Waals surface area (Å²) >= 11 is 0. The minimum absolute atomic E-state index is 0.0677. The summed E-state index contributed by atoms with van der Waals surface area (Å²) in [5.41, 5.74) is 2.37. The van der Waals surface area contributed by atoms with Crippen LogP contribution < -0.4 is 9.47 Å². The van der Waals surface area contributed by atoms with Crippen molar-refractivity contribution in [3.63, 3.8) is 0 Å². The van der Waals surface area contributed by atoms with E-state index in [1.165, 1.54) is 0 Å². The van der Waals surface area contributed by atoms with Gasteiger partial charge in [0.2, 0.25) is 0 Å². The van der Waals surface area contributed by atoms with Gasteiger partial charge < -0.3 is 24.4 Å². The molecule has 1 N–H and O–H groups in total. The van der Waals surface area contributed by atoms with Crippen molar-refractivity contribution in [2.24, 2.45) is 0 Å². The standard InChI is InChI=1S/C28H34N2O5/c1-5-29(6-2)14-7-15-30-25(19-8-11-22(34-4)12-9-19)24(27(32)28(30)33)26(31)20-10-13-23-21(17-20)16-18(3)35-23/h8-13,17-18,25,31H,5-7,14-16H2,1-4H3/b26-24-. The zero-order valence-electron chi connectivity index (χ0n) is 20.9. The van der Waals surface area contributed by atoms with Crippen LogP contribution in [0.25, 0.3) is 5.76 Å². The molecule has 35 heavy (non-hydrogen) atoms. The number of likely N-dealkylation sites (tertiary alicyclic amines) is 1. The van der Waals surface area contributed by atoms with Crippen molar-refractivity contribution in [3.05, 3.63) is 64.7 Å². The smallest absolute Gasteiger partial charge is 0.295 e. The van der Waals surface area contributed by atoms with E-state index in [1.54, 1.807) is 30.2 Å². The minimum Gasteiger partial charge on any atom is -0.507 e. The van der Waals surface area contributed by atoms with Crippen LogP contribution in [0.4, 0.5) is 0 Å². The number of hydrogen-bond donors (Lipinski definition) is 1. The fourth-order valence-electron chi connectivity index (χ4n) is 4.97. The van der Waals surface area contributed by atoms with Gasteiger partial charge in [-0.25, -0.2) is 0 Å². The molecule has 1 fully saturated rings. The van der Waals surface area contributed by atoms with E-state index in [9.17, 15) is 14.7 Å². The number of methoxy groups -OCH3 is 1. The lowest BCUT2D eigenvalue weighted by Gasteiger charge is -2.27. The summed E-state index contributed by atoms with van der Waals surface area (Å²) in [6.45, 7) is 9.31. The number of benzene rings is 2. The maximum atomic E-state index is 13.3. The molecule has 2 aromatic carbocycles. The van der Waals surface area contributed by atoms with Gasteiger partial charge in [-0.15, -0.1) is 0 Å². The third-order valence-electron chi connectivity index (χ3n) is 6.91. The summed E-state index contributed by atoms with van der Waals surface area (Å²) < 4.78 is 11.1. The molecule has 0 bridgehead atoms. The Morgan fingerprint density at radius 1 is 1.14 bits per heavy atom. The summed E-state index contributed by atoms with van der Waals surface area (Å²) in [5, 5.41) is 11.4. The van der Waals surface area contributed by atoms with Crippen LogP contribution in [-0.2, 0) is 16.0 Å². The van der Waals surface area contributed by atoms with E-state index >= 15 is 0 Å². The molecule has 0 aliphatic carbocycles. The van der Waals surface area contributed by atoms with Crippen LogP contribution in [-0.4, -0.2) is 66.0 Å². The highest BCUT2D eigenvalue weighted by Crippen LogP contribution is 2.41. The number of aliphatic hydroxyl groups is 1. The zero-order chi connectivity index (χ0) is 25.1. The lowest BCUT2D eigenvalue weighted by atomic mass is 9.94. The second-order valence-electron chi connectivity index (χ2n) is 9.10. The first-order valence-corrected chi connectivity index (χ1v) is 12.3. The van der Waals surface area contributed by atoms with Gasteiger partial charge in [0, 0.05) is 18.5 Å². The molecule has 0 spiro atoms. The van der Waals surface area contributed by atoms with Gasteiger partial charge in [0.1, 0.15) is 23.4 Å². The summed E-state index contributed by atoms with van der Waals surface area (Å²) in [7, 11) is 1.59. The van der Waals surface area contributed by atoms with Gasteiger partial charge in [0.25, 0.3) is 11.7 Å². The Labute approximate surface area is 206 Å². The summed E-state index contributed by atoms with van der Waals surface area (Å²) in [5.74, 6) is 0.0802. The second-order valence-corrected chi connectivity index (χ2v) is 9.10. The van der Waals surface area contributed by atoms with E-state index < -0.39 is 17.7 Å². The number of ketones is 1. The first kappa shape index (κ1) is 24.8. The van der Waals surface area contributed by atoms with Gasteiger partial charge in [-0.05, 0) is 74.4 Å². The molecule has 1 saturated heterocycles. The van der Waals surface area contributed by atoms with Gasteiger partial charge in [-0.3, -0.25) is 9.59 Å². The third-order valence-corrected chi connectivity index (χ3v) is 6.91. The maximum Gasteiger partial charge on any atom is 0.295 e. The molecular formula is C28H34N2O5. The highest BCUT2D eigenvalue weighted by molar-refractivity contribution is 6.46. The Morgan fingerprint density at radius 3 is 2.51 bits per heavy atom. The number of hydrogen-bond acceptors (Lipinski definition) is 6. The Bertz CT molecular complexity index is 1120. The number of Topliss-reactive ketones (excluding diaryl/α,β-unsaturated/α-hetero) is 1. The van der Waals surface area contributed by atoms with E-state index in [0.717, 1.165) is 49.4 Å². The van der Waals surface area contributed by atoms with E-state index in [1.807, 2.05) is 31.2 Å². The van der Waals surface area contributed by atoms with Crippen LogP contribution >= 0.6 is 0 Å². The SMILES string of the molecule is CCN(CC)CCCN1C(=O)C(=O)/C(=C(\O)c2ccc3c(c2)CC(C)O3)C1c1ccc(OC)cc1. The number of carbonyl (C=O) groups excluding carboxylic acids is 2. The molecule has 2 aromatic rings. The normalized spacial score (nSPS) is 20.9. The number of rotatable bonds is 9. The van der Waals surface area contributed by atoms with Crippen molar-refractivity contribution < 1.29 is 24.2 Å². The largest absolute Gasteiger partial charge is 0.507 e. The highest BCUT2D eigenvalue weighted by atomic mass is 16.5. The van der Waals surface area contributed by atoms with Gasteiger partial charge in [-0.1, -0.05) is 26.0 Å². The van der Waals surface area contributed by atoms with Crippen LogP contribution in [0.1, 0.15) is 49.9 Å². The zero-order valence-corrected chi connectivity index (χ0v) is 20.9. The Hall–Kier alpha value is -3.32. The second kappa shape index (κ2) is 10.5. The first-order chi connectivity index (χ1) is 16.9. The van der Waals surface area contributed by atoms with Crippen molar-refractivity contribution in [2.45, 2.75) is 45.8 Å². The average molecular weight is 479 g/mol. The highest BCUT2D eigenvalue weighted by Gasteiger charge is 2.45. The van der Waals surface area contributed by atoms with E-state index in [0.29, 0.717) is 17.9 Å². The molecule has 7 heteroatoms. The average Bonchev–Trinajstić information content (AvgIpc) is 3.37. The molecule has 186 valence electrons. The quantitative estimate of drug-likeness (QED) is 0.331. The number of ether oxygens (including phenoxy) is 2. The van der Waals surface area contributed by atoms with Crippen molar-refractivity contribution in [2.75, 3.05) is 33.3 Å². The van der Waals surface area contributed by atoms with Gasteiger partial charge in [-0.2, -0.15) is 0 Å². The van der Waals surface area contributed by atoms with Crippen molar-refractivity contribution in [3.8, 4) is 11.5 Å². The predicted molar refractivity (Wildman–Crippen MR) is 135 cm³/mol. The molecule has 2 unspecified atom stereocenters. The summed E-state index contributed by atoms with van der Waals surface area (Å²) in [6.07, 6.45) is 1.53. The molecule has 2 heterocycles. The van der Waals surface area contributed by atoms with Crippen LogP contribution in [0.15, 0.2) is 48.0 Å². The third kappa shape index (κ3) is 4.91. The summed E-state index contributed by atoms with van der Waals surface area (Å²) in [4.78, 5) is 30.3.